The van der Waals surface area contributed by atoms with Gasteiger partial charge in [0, 0.05) is 0 Å². The Hall–Kier alpha value is -1.78. The second kappa shape index (κ2) is 3.53. The van der Waals surface area contributed by atoms with Crippen molar-refractivity contribution in [2.75, 3.05) is 5.73 Å². The highest BCUT2D eigenvalue weighted by Gasteiger charge is 2.23. The topological polar surface area (TPSA) is 89.4 Å². The first kappa shape index (κ1) is 10.3. The summed E-state index contributed by atoms with van der Waals surface area (Å²) < 4.78 is 0. The number of nitro groups is 1. The van der Waals surface area contributed by atoms with E-state index in [1.54, 1.807) is 13.8 Å². The summed E-state index contributed by atoms with van der Waals surface area (Å²) in [5.74, 6) is -0.222. The van der Waals surface area contributed by atoms with Crippen LogP contribution in [0.3, 0.4) is 0 Å². The van der Waals surface area contributed by atoms with Gasteiger partial charge in [-0.05, 0) is 18.1 Å². The Morgan fingerprint density at radius 1 is 1.50 bits per heavy atom. The molecule has 0 spiro atoms. The van der Waals surface area contributed by atoms with Crippen LogP contribution in [0.2, 0.25) is 0 Å². The Labute approximate surface area is 81.3 Å². The molecule has 3 N–H and O–H groups in total. The lowest BCUT2D eigenvalue weighted by atomic mass is 9.99. The molecular weight excluding hydrogens is 184 g/mol. The van der Waals surface area contributed by atoms with Crippen molar-refractivity contribution < 1.29 is 10.0 Å². The van der Waals surface area contributed by atoms with Crippen LogP contribution in [-0.2, 0) is 0 Å². The van der Waals surface area contributed by atoms with Crippen LogP contribution >= 0.6 is 0 Å². The predicted molar refractivity (Wildman–Crippen MR) is 53.3 cm³/mol. The minimum Gasteiger partial charge on any atom is -0.507 e. The molecule has 0 bridgehead atoms. The molecule has 0 fully saturated rings. The van der Waals surface area contributed by atoms with Gasteiger partial charge in [-0.25, -0.2) is 0 Å². The molecule has 0 aliphatic carbocycles. The largest absolute Gasteiger partial charge is 0.507 e. The molecule has 0 aromatic heterocycles. The van der Waals surface area contributed by atoms with E-state index < -0.39 is 4.92 Å². The fraction of sp³-hybridized carbons (Fsp3) is 0.333. The summed E-state index contributed by atoms with van der Waals surface area (Å²) in [6.45, 7) is 3.53. The first-order chi connectivity index (χ1) is 6.45. The fourth-order valence-electron chi connectivity index (χ4n) is 1.39. The molecule has 5 nitrogen and oxygen atoms in total. The van der Waals surface area contributed by atoms with Crippen molar-refractivity contribution in [3.63, 3.8) is 0 Å². The van der Waals surface area contributed by atoms with Crippen LogP contribution in [0.5, 0.6) is 5.75 Å². The number of benzene rings is 1. The van der Waals surface area contributed by atoms with Crippen molar-refractivity contribution >= 4 is 11.4 Å². The molecule has 76 valence electrons. The summed E-state index contributed by atoms with van der Waals surface area (Å²) in [4.78, 5) is 10.1. The van der Waals surface area contributed by atoms with E-state index in [2.05, 4.69) is 0 Å². The zero-order valence-corrected chi connectivity index (χ0v) is 8.02. The van der Waals surface area contributed by atoms with Crippen molar-refractivity contribution in [3.8, 4) is 5.75 Å². The zero-order chi connectivity index (χ0) is 10.9. The van der Waals surface area contributed by atoms with Gasteiger partial charge in [0.15, 0.2) is 0 Å². The molecule has 0 aliphatic rings. The van der Waals surface area contributed by atoms with E-state index in [1.165, 1.54) is 12.1 Å². The molecule has 0 amide bonds. The van der Waals surface area contributed by atoms with Crippen molar-refractivity contribution in [2.24, 2.45) is 0 Å². The molecule has 0 saturated heterocycles. The number of phenolic OH excluding ortho intramolecular Hbond substituents is 1. The first-order valence-corrected chi connectivity index (χ1v) is 4.21. The maximum atomic E-state index is 10.7. The number of aromatic hydroxyl groups is 1. The van der Waals surface area contributed by atoms with Crippen molar-refractivity contribution in [1.82, 2.24) is 0 Å². The minimum absolute atomic E-state index is 0.0801. The van der Waals surface area contributed by atoms with Crippen molar-refractivity contribution in [1.29, 1.82) is 0 Å². The molecule has 0 atom stereocenters. The van der Waals surface area contributed by atoms with Gasteiger partial charge in [0.2, 0.25) is 0 Å². The summed E-state index contributed by atoms with van der Waals surface area (Å²) >= 11 is 0. The Morgan fingerprint density at radius 2 is 2.07 bits per heavy atom. The van der Waals surface area contributed by atoms with Gasteiger partial charge in [-0.3, -0.25) is 10.1 Å². The number of nitro benzene ring substituents is 1. The van der Waals surface area contributed by atoms with Gasteiger partial charge in [-0.2, -0.15) is 0 Å². The summed E-state index contributed by atoms with van der Waals surface area (Å²) in [7, 11) is 0. The zero-order valence-electron chi connectivity index (χ0n) is 8.02. The summed E-state index contributed by atoms with van der Waals surface area (Å²) in [6.07, 6.45) is 0. The van der Waals surface area contributed by atoms with Gasteiger partial charge < -0.3 is 10.8 Å². The maximum absolute atomic E-state index is 10.7. The average molecular weight is 196 g/mol. The van der Waals surface area contributed by atoms with E-state index in [0.717, 1.165) is 0 Å². The van der Waals surface area contributed by atoms with Gasteiger partial charge in [-0.1, -0.05) is 13.8 Å². The van der Waals surface area contributed by atoms with E-state index in [4.69, 9.17) is 5.73 Å². The smallest absolute Gasteiger partial charge is 0.299 e. The van der Waals surface area contributed by atoms with E-state index in [-0.39, 0.29) is 28.6 Å². The molecule has 0 saturated carbocycles. The molecule has 14 heavy (non-hydrogen) atoms. The normalized spacial score (nSPS) is 10.5. The Kier molecular flexibility index (Phi) is 2.60. The summed E-state index contributed by atoms with van der Waals surface area (Å²) in [5, 5.41) is 20.2. The second-order valence-electron chi connectivity index (χ2n) is 3.35. The number of anilines is 1. The quantitative estimate of drug-likeness (QED) is 0.327. The number of nitrogens with two attached hydrogens (primary N) is 1. The third kappa shape index (κ3) is 1.61. The first-order valence-electron chi connectivity index (χ1n) is 4.21. The van der Waals surface area contributed by atoms with Gasteiger partial charge in [0.1, 0.15) is 11.4 Å². The van der Waals surface area contributed by atoms with Crippen LogP contribution in [0, 0.1) is 10.1 Å². The number of hydrogen-bond donors (Lipinski definition) is 2. The van der Waals surface area contributed by atoms with E-state index in [0.29, 0.717) is 0 Å². The molecule has 0 aliphatic heterocycles. The molecule has 0 radical (unpaired) electrons. The molecule has 1 rings (SSSR count). The van der Waals surface area contributed by atoms with E-state index in [9.17, 15) is 15.2 Å². The highest BCUT2D eigenvalue weighted by molar-refractivity contribution is 5.67. The number of hydrogen-bond acceptors (Lipinski definition) is 4. The molecule has 5 heteroatoms. The standard InChI is InChI=1S/C9H12N2O3/c1-5(2)8-7(12)4-3-6(10)9(8)11(13)14/h3-5,12H,10H2,1-2H3. The maximum Gasteiger partial charge on any atom is 0.299 e. The third-order valence-corrected chi connectivity index (χ3v) is 1.99. The Balaban J connectivity index is 3.50. The van der Waals surface area contributed by atoms with Gasteiger partial charge in [-0.15, -0.1) is 0 Å². The van der Waals surface area contributed by atoms with Crippen molar-refractivity contribution in [3.05, 3.63) is 27.8 Å². The molecule has 0 heterocycles. The number of nitrogens with zero attached hydrogens (tertiary/aromatic N) is 1. The SMILES string of the molecule is CC(C)c1c(O)ccc(N)c1[N+](=O)[O-]. The number of nitrogen functional groups attached to an aromatic ring is 1. The van der Waals surface area contributed by atoms with Gasteiger partial charge in [0.05, 0.1) is 10.5 Å². The molecule has 1 aromatic rings. The summed E-state index contributed by atoms with van der Waals surface area (Å²) in [6, 6.07) is 2.71. The van der Waals surface area contributed by atoms with Crippen LogP contribution in [0.15, 0.2) is 12.1 Å². The van der Waals surface area contributed by atoms with Gasteiger partial charge in [0.25, 0.3) is 5.69 Å². The number of rotatable bonds is 2. The fourth-order valence-corrected chi connectivity index (χ4v) is 1.39. The second-order valence-corrected chi connectivity index (χ2v) is 3.35. The molecular formula is C9H12N2O3. The highest BCUT2D eigenvalue weighted by Crippen LogP contribution is 2.37. The van der Waals surface area contributed by atoms with Crippen LogP contribution in [-0.4, -0.2) is 10.0 Å². The minimum atomic E-state index is -0.565. The Morgan fingerprint density at radius 3 is 2.43 bits per heavy atom. The number of phenols is 1. The average Bonchev–Trinajstić information content (AvgIpc) is 2.07. The van der Waals surface area contributed by atoms with Crippen LogP contribution in [0.4, 0.5) is 11.4 Å². The third-order valence-electron chi connectivity index (χ3n) is 1.99. The molecule has 0 unspecified atom stereocenters. The lowest BCUT2D eigenvalue weighted by Crippen LogP contribution is -2.02. The predicted octanol–water partition coefficient (Wildman–Crippen LogP) is 2.01. The Bertz CT molecular complexity index is 375. The molecule has 1 aromatic carbocycles. The van der Waals surface area contributed by atoms with Crippen LogP contribution in [0.25, 0.3) is 0 Å². The highest BCUT2D eigenvalue weighted by atomic mass is 16.6. The monoisotopic (exact) mass is 196 g/mol. The van der Waals surface area contributed by atoms with E-state index in [1.807, 2.05) is 0 Å². The lowest BCUT2D eigenvalue weighted by Gasteiger charge is -2.09. The van der Waals surface area contributed by atoms with Crippen LogP contribution < -0.4 is 5.73 Å². The van der Waals surface area contributed by atoms with Crippen LogP contribution in [0.1, 0.15) is 25.3 Å². The van der Waals surface area contributed by atoms with E-state index >= 15 is 0 Å². The van der Waals surface area contributed by atoms with Gasteiger partial charge >= 0.3 is 0 Å². The summed E-state index contributed by atoms with van der Waals surface area (Å²) in [5.41, 5.74) is 5.65. The lowest BCUT2D eigenvalue weighted by molar-refractivity contribution is -0.384. The van der Waals surface area contributed by atoms with Crippen molar-refractivity contribution in [2.45, 2.75) is 19.8 Å².